The molecule has 1 saturated carbocycles. The molecule has 7 heteroatoms. The molecule has 2 fully saturated rings. The molecular formula is C25H30N2O5. The molecule has 0 atom stereocenters. The van der Waals surface area contributed by atoms with Crippen molar-refractivity contribution in [3.63, 3.8) is 0 Å². The van der Waals surface area contributed by atoms with Gasteiger partial charge in [0.2, 0.25) is 0 Å². The monoisotopic (exact) mass is 438 g/mol. The van der Waals surface area contributed by atoms with Crippen LogP contribution >= 0.6 is 0 Å². The van der Waals surface area contributed by atoms with Crippen LogP contribution in [0.3, 0.4) is 0 Å². The molecule has 3 aliphatic rings. The van der Waals surface area contributed by atoms with Gasteiger partial charge < -0.3 is 19.6 Å². The summed E-state index contributed by atoms with van der Waals surface area (Å²) in [4.78, 5) is 24.3. The maximum atomic E-state index is 12.6. The van der Waals surface area contributed by atoms with Crippen molar-refractivity contribution in [2.75, 3.05) is 24.8 Å². The molecule has 170 valence electrons. The maximum absolute atomic E-state index is 12.6. The van der Waals surface area contributed by atoms with Crippen molar-refractivity contribution >= 4 is 5.97 Å². The Bertz CT molecular complexity index is 1130. The number of carboxylic acid groups (broad SMARTS) is 1. The topological polar surface area (TPSA) is 81.0 Å². The van der Waals surface area contributed by atoms with E-state index in [1.54, 1.807) is 0 Å². The third-order valence-corrected chi connectivity index (χ3v) is 7.12. The van der Waals surface area contributed by atoms with Gasteiger partial charge in [0, 0.05) is 23.7 Å². The summed E-state index contributed by atoms with van der Waals surface area (Å²) < 4.78 is 13.4. The van der Waals surface area contributed by atoms with Crippen LogP contribution in [0.2, 0.25) is 0 Å². The van der Waals surface area contributed by atoms with Gasteiger partial charge in [0.05, 0.1) is 37.6 Å². The highest BCUT2D eigenvalue weighted by Gasteiger charge is 2.35. The summed E-state index contributed by atoms with van der Waals surface area (Å²) in [6, 6.07) is 5.78. The van der Waals surface area contributed by atoms with Gasteiger partial charge in [0.25, 0.3) is 0 Å². The fourth-order valence-corrected chi connectivity index (χ4v) is 4.45. The van der Waals surface area contributed by atoms with Crippen LogP contribution in [0.25, 0.3) is 11.3 Å². The lowest BCUT2D eigenvalue weighted by atomic mass is 9.92. The summed E-state index contributed by atoms with van der Waals surface area (Å²) in [6.07, 6.45) is 4.63. The Balaban J connectivity index is 1.64. The molecule has 0 amide bonds. The van der Waals surface area contributed by atoms with Crippen molar-refractivity contribution < 1.29 is 19.4 Å². The van der Waals surface area contributed by atoms with Crippen LogP contribution < -0.4 is 15.2 Å². The predicted octanol–water partition coefficient (Wildman–Crippen LogP) is 3.76. The van der Waals surface area contributed by atoms with E-state index in [0.29, 0.717) is 25.0 Å². The van der Waals surface area contributed by atoms with E-state index in [2.05, 4.69) is 37.9 Å². The van der Waals surface area contributed by atoms with Gasteiger partial charge in [-0.05, 0) is 62.3 Å². The van der Waals surface area contributed by atoms with Crippen LogP contribution in [-0.2, 0) is 11.3 Å². The Hall–Kier alpha value is -2.80. The molecule has 2 aliphatic heterocycles. The van der Waals surface area contributed by atoms with Gasteiger partial charge in [-0.15, -0.1) is 0 Å². The van der Waals surface area contributed by atoms with Crippen molar-refractivity contribution in [1.29, 1.82) is 0 Å². The summed E-state index contributed by atoms with van der Waals surface area (Å²) in [6.45, 7) is 9.15. The minimum atomic E-state index is -1.20. The minimum absolute atomic E-state index is 0.209. The van der Waals surface area contributed by atoms with E-state index in [0.717, 1.165) is 55.0 Å². The maximum Gasteiger partial charge on any atom is 0.341 e. The largest absolute Gasteiger partial charge is 0.493 e. The van der Waals surface area contributed by atoms with Gasteiger partial charge in [-0.25, -0.2) is 4.79 Å². The fourth-order valence-electron chi connectivity index (χ4n) is 4.45. The lowest BCUT2D eigenvalue weighted by Gasteiger charge is -2.45. The van der Waals surface area contributed by atoms with Crippen molar-refractivity contribution in [3.05, 3.63) is 51.3 Å². The van der Waals surface area contributed by atoms with E-state index in [1.807, 2.05) is 4.68 Å². The van der Waals surface area contributed by atoms with Crippen molar-refractivity contribution in [3.8, 4) is 17.0 Å². The molecule has 7 nitrogen and oxygen atoms in total. The van der Waals surface area contributed by atoms with Crippen LogP contribution in [-0.4, -0.2) is 41.1 Å². The van der Waals surface area contributed by atoms with Gasteiger partial charge in [0.1, 0.15) is 11.3 Å². The van der Waals surface area contributed by atoms with E-state index in [1.165, 1.54) is 17.8 Å². The smallest absolute Gasteiger partial charge is 0.341 e. The van der Waals surface area contributed by atoms with Crippen LogP contribution in [0.1, 0.15) is 67.4 Å². The number of aromatic nitrogens is 1. The molecule has 1 aliphatic carbocycles. The molecule has 32 heavy (non-hydrogen) atoms. The first kappa shape index (κ1) is 21.1. The molecule has 0 unspecified atom stereocenters. The van der Waals surface area contributed by atoms with Crippen molar-refractivity contribution in [1.82, 2.24) is 4.68 Å². The van der Waals surface area contributed by atoms with Gasteiger partial charge in [-0.1, -0.05) is 6.92 Å². The van der Waals surface area contributed by atoms with Gasteiger partial charge in [-0.2, -0.15) is 0 Å². The lowest BCUT2D eigenvalue weighted by molar-refractivity contribution is -0.0509. The second kappa shape index (κ2) is 7.66. The number of rotatable bonds is 7. The molecule has 0 spiro atoms. The quantitative estimate of drug-likeness (QED) is 0.709. The first-order chi connectivity index (χ1) is 15.3. The molecule has 2 aromatic rings. The molecule has 1 N–H and O–H groups in total. The molecule has 3 heterocycles. The Morgan fingerprint density at radius 3 is 2.59 bits per heavy atom. The Labute approximate surface area is 187 Å². The Morgan fingerprint density at radius 1 is 1.25 bits per heavy atom. The second-order valence-electron chi connectivity index (χ2n) is 9.85. The van der Waals surface area contributed by atoms with Gasteiger partial charge in [-0.3, -0.25) is 9.47 Å². The number of aromatic carboxylic acids is 1. The molecule has 1 aromatic carbocycles. The normalized spacial score (nSPS) is 18.0. The predicted molar refractivity (Wildman–Crippen MR) is 121 cm³/mol. The summed E-state index contributed by atoms with van der Waals surface area (Å²) in [5.41, 5.74) is 3.10. The number of ether oxygens (including phenoxy) is 2. The number of nitrogens with zero attached hydrogens (tertiary/aromatic N) is 2. The standard InChI is InChI=1S/C25H30N2O5/c1-4-25(2,3)27-10-17-7-23(32-14-15-12-31-13-15)19(16-5-6-16)8-18(17)21-9-22(28)20(24(29)30)11-26(21)27/h7-9,11,15-16H,4-6,10,12-14H2,1-3H3,(H,29,30). The second-order valence-corrected chi connectivity index (χ2v) is 9.85. The van der Waals surface area contributed by atoms with Crippen LogP contribution in [0.15, 0.2) is 29.2 Å². The number of carbonyl (C=O) groups is 1. The van der Waals surface area contributed by atoms with Crippen molar-refractivity contribution in [2.45, 2.75) is 58.0 Å². The Morgan fingerprint density at radius 2 is 2.00 bits per heavy atom. The van der Waals surface area contributed by atoms with Crippen molar-refractivity contribution in [2.24, 2.45) is 5.92 Å². The molecule has 0 bridgehead atoms. The zero-order valence-corrected chi connectivity index (χ0v) is 18.9. The molecule has 5 rings (SSSR count). The van der Waals surface area contributed by atoms with Gasteiger partial charge in [0.15, 0.2) is 5.43 Å². The van der Waals surface area contributed by atoms with E-state index in [-0.39, 0.29) is 11.1 Å². The summed E-state index contributed by atoms with van der Waals surface area (Å²) in [5.74, 6) is 0.664. The molecule has 0 radical (unpaired) electrons. The number of fused-ring (bicyclic) bond motifs is 3. The number of hydrogen-bond acceptors (Lipinski definition) is 5. The average Bonchev–Trinajstić information content (AvgIpc) is 3.56. The van der Waals surface area contributed by atoms with Crippen LogP contribution in [0.5, 0.6) is 5.75 Å². The number of pyridine rings is 1. The number of carboxylic acids is 1. The first-order valence-electron chi connectivity index (χ1n) is 11.4. The zero-order chi connectivity index (χ0) is 22.6. The number of benzene rings is 1. The molecular weight excluding hydrogens is 408 g/mol. The highest BCUT2D eigenvalue weighted by atomic mass is 16.5. The fraction of sp³-hybridized carbons (Fsp3) is 0.520. The lowest BCUT2D eigenvalue weighted by Crippen LogP contribution is -2.52. The number of hydrogen-bond donors (Lipinski definition) is 1. The molecule has 1 aromatic heterocycles. The van der Waals surface area contributed by atoms with E-state index in [9.17, 15) is 14.7 Å². The average molecular weight is 439 g/mol. The highest BCUT2D eigenvalue weighted by molar-refractivity contribution is 5.88. The Kier molecular flexibility index (Phi) is 5.04. The van der Waals surface area contributed by atoms with Crippen LogP contribution in [0, 0.1) is 5.92 Å². The third kappa shape index (κ3) is 3.58. The zero-order valence-electron chi connectivity index (χ0n) is 18.9. The molecule has 1 saturated heterocycles. The summed E-state index contributed by atoms with van der Waals surface area (Å²) >= 11 is 0. The van der Waals surface area contributed by atoms with E-state index in [4.69, 9.17) is 9.47 Å². The summed E-state index contributed by atoms with van der Waals surface area (Å²) in [5, 5.41) is 11.7. The van der Waals surface area contributed by atoms with E-state index < -0.39 is 11.4 Å². The summed E-state index contributed by atoms with van der Waals surface area (Å²) in [7, 11) is 0. The van der Waals surface area contributed by atoms with Gasteiger partial charge >= 0.3 is 5.97 Å². The highest BCUT2D eigenvalue weighted by Crippen LogP contribution is 2.47. The third-order valence-electron chi connectivity index (χ3n) is 7.12. The van der Waals surface area contributed by atoms with Crippen LogP contribution in [0.4, 0.5) is 0 Å². The van der Waals surface area contributed by atoms with E-state index >= 15 is 0 Å². The minimum Gasteiger partial charge on any atom is -0.493 e. The first-order valence-corrected chi connectivity index (χ1v) is 11.4. The SMILES string of the molecule is CCC(C)(C)N1Cc2cc(OCC3COC3)c(C3CC3)cc2-c2cc(=O)c(C(=O)O)cn21.